The Labute approximate surface area is 172 Å². The summed E-state index contributed by atoms with van der Waals surface area (Å²) in [7, 11) is 1.62. The van der Waals surface area contributed by atoms with E-state index >= 15 is 0 Å². The minimum Gasteiger partial charge on any atom is -0.497 e. The smallest absolute Gasteiger partial charge is 0.286 e. The average molecular weight is 408 g/mol. The zero-order chi connectivity index (χ0) is 20.4. The molecule has 3 aromatic rings. The Balaban J connectivity index is 1.59. The van der Waals surface area contributed by atoms with Gasteiger partial charge in [-0.05, 0) is 54.3 Å². The fourth-order valence-electron chi connectivity index (χ4n) is 3.37. The molecule has 148 valence electrons. The Hall–Kier alpha value is -3.06. The van der Waals surface area contributed by atoms with E-state index in [1.165, 1.54) is 0 Å². The van der Waals surface area contributed by atoms with Crippen LogP contribution in [0.1, 0.15) is 18.1 Å². The van der Waals surface area contributed by atoms with Crippen LogP contribution >= 0.6 is 11.8 Å². The van der Waals surface area contributed by atoms with Gasteiger partial charge in [-0.15, -0.1) is 0 Å². The molecule has 2 aromatic carbocycles. The number of benzene rings is 2. The summed E-state index contributed by atoms with van der Waals surface area (Å²) in [6, 6.07) is 13.4. The van der Waals surface area contributed by atoms with E-state index in [0.717, 1.165) is 46.0 Å². The predicted molar refractivity (Wildman–Crippen MR) is 113 cm³/mol. The second-order valence-electron chi connectivity index (χ2n) is 6.67. The summed E-state index contributed by atoms with van der Waals surface area (Å²) < 4.78 is 11.4. The highest BCUT2D eigenvalue weighted by atomic mass is 32.2. The van der Waals surface area contributed by atoms with Gasteiger partial charge < -0.3 is 9.47 Å². The highest BCUT2D eigenvalue weighted by Gasteiger charge is 2.31. The number of ether oxygens (including phenoxy) is 2. The van der Waals surface area contributed by atoms with Crippen molar-refractivity contribution >= 4 is 33.8 Å². The highest BCUT2D eigenvalue weighted by Crippen LogP contribution is 2.32. The number of pyridine rings is 1. The summed E-state index contributed by atoms with van der Waals surface area (Å²) in [6.45, 7) is 2.06. The number of amides is 2. The number of hydrogen-bond donors (Lipinski definition) is 1. The van der Waals surface area contributed by atoms with Crippen LogP contribution in [-0.4, -0.2) is 28.5 Å². The number of hydrogen-bond acceptors (Lipinski definition) is 6. The third-order valence-corrected chi connectivity index (χ3v) is 5.85. The van der Waals surface area contributed by atoms with Gasteiger partial charge in [0.15, 0.2) is 0 Å². The second kappa shape index (κ2) is 8.13. The SMILES string of the molecule is CCc1cc(Oc2ccnc3cc(OC)ccc23)ccc1CC1SC(=O)NC1=O. The van der Waals surface area contributed by atoms with E-state index in [1.54, 1.807) is 13.3 Å². The van der Waals surface area contributed by atoms with Crippen molar-refractivity contribution in [3.8, 4) is 17.2 Å². The molecule has 4 rings (SSSR count). The monoisotopic (exact) mass is 408 g/mol. The minimum atomic E-state index is -0.376. The molecule has 1 atom stereocenters. The van der Waals surface area contributed by atoms with Gasteiger partial charge in [0.05, 0.1) is 17.9 Å². The van der Waals surface area contributed by atoms with Crippen molar-refractivity contribution in [1.29, 1.82) is 0 Å². The van der Waals surface area contributed by atoms with Gasteiger partial charge in [-0.2, -0.15) is 0 Å². The van der Waals surface area contributed by atoms with Crippen LogP contribution in [0.25, 0.3) is 10.9 Å². The Bertz CT molecular complexity index is 1100. The van der Waals surface area contributed by atoms with E-state index in [-0.39, 0.29) is 16.4 Å². The van der Waals surface area contributed by atoms with Crippen molar-refractivity contribution in [2.45, 2.75) is 25.0 Å². The van der Waals surface area contributed by atoms with Gasteiger partial charge >= 0.3 is 0 Å². The molecule has 29 heavy (non-hydrogen) atoms. The summed E-state index contributed by atoms with van der Waals surface area (Å²) >= 11 is 1.05. The molecule has 1 fully saturated rings. The lowest BCUT2D eigenvalue weighted by Gasteiger charge is -2.14. The Morgan fingerprint density at radius 2 is 1.90 bits per heavy atom. The standard InChI is InChI=1S/C22H20N2O4S/c1-3-13-10-16(5-4-14(13)11-20-21(25)24-22(26)29-20)28-19-8-9-23-18-12-15(27-2)6-7-17(18)19/h4-10,12,20H,3,11H2,1-2H3,(H,24,25,26). The number of nitrogens with one attached hydrogen (secondary N) is 1. The molecular weight excluding hydrogens is 388 g/mol. The first kappa shape index (κ1) is 19.3. The van der Waals surface area contributed by atoms with Crippen molar-refractivity contribution in [2.75, 3.05) is 7.11 Å². The summed E-state index contributed by atoms with van der Waals surface area (Å²) in [5, 5.41) is 2.58. The number of imide groups is 1. The van der Waals surface area contributed by atoms with Crippen LogP contribution in [0.2, 0.25) is 0 Å². The van der Waals surface area contributed by atoms with Gasteiger partial charge in [-0.25, -0.2) is 0 Å². The molecular formula is C22H20N2O4S. The quantitative estimate of drug-likeness (QED) is 0.647. The molecule has 7 heteroatoms. The highest BCUT2D eigenvalue weighted by molar-refractivity contribution is 8.15. The van der Waals surface area contributed by atoms with E-state index in [0.29, 0.717) is 17.9 Å². The number of nitrogens with zero attached hydrogens (tertiary/aromatic N) is 1. The summed E-state index contributed by atoms with van der Waals surface area (Å²) in [4.78, 5) is 27.7. The fourth-order valence-corrected chi connectivity index (χ4v) is 4.21. The lowest BCUT2D eigenvalue weighted by Crippen LogP contribution is -2.25. The normalized spacial score (nSPS) is 16.1. The fraction of sp³-hybridized carbons (Fsp3) is 0.227. The first-order valence-corrected chi connectivity index (χ1v) is 10.2. The maximum Gasteiger partial charge on any atom is 0.286 e. The molecule has 1 N–H and O–H groups in total. The molecule has 0 saturated carbocycles. The largest absolute Gasteiger partial charge is 0.497 e. The Morgan fingerprint density at radius 1 is 1.07 bits per heavy atom. The van der Waals surface area contributed by atoms with Gasteiger partial charge in [-0.3, -0.25) is 19.9 Å². The molecule has 6 nitrogen and oxygen atoms in total. The third-order valence-electron chi connectivity index (χ3n) is 4.87. The molecule has 2 amide bonds. The van der Waals surface area contributed by atoms with Gasteiger partial charge in [0, 0.05) is 17.6 Å². The first-order valence-electron chi connectivity index (χ1n) is 9.31. The van der Waals surface area contributed by atoms with Crippen molar-refractivity contribution in [3.05, 3.63) is 59.8 Å². The predicted octanol–water partition coefficient (Wildman–Crippen LogP) is 4.49. The summed E-state index contributed by atoms with van der Waals surface area (Å²) in [6.07, 6.45) is 3.02. The van der Waals surface area contributed by atoms with Gasteiger partial charge in [0.25, 0.3) is 5.24 Å². The minimum absolute atomic E-state index is 0.221. The average Bonchev–Trinajstić information content (AvgIpc) is 3.05. The molecule has 2 heterocycles. The zero-order valence-corrected chi connectivity index (χ0v) is 16.9. The molecule has 1 aromatic heterocycles. The van der Waals surface area contributed by atoms with E-state index < -0.39 is 0 Å². The maximum absolute atomic E-state index is 11.9. The lowest BCUT2D eigenvalue weighted by molar-refractivity contribution is -0.118. The van der Waals surface area contributed by atoms with E-state index in [4.69, 9.17) is 9.47 Å². The van der Waals surface area contributed by atoms with Crippen LogP contribution < -0.4 is 14.8 Å². The number of methoxy groups -OCH3 is 1. The van der Waals surface area contributed by atoms with Crippen LogP contribution in [-0.2, 0) is 17.6 Å². The topological polar surface area (TPSA) is 77.5 Å². The van der Waals surface area contributed by atoms with Crippen LogP contribution in [0.3, 0.4) is 0 Å². The molecule has 0 radical (unpaired) electrons. The molecule has 0 bridgehead atoms. The van der Waals surface area contributed by atoms with Gasteiger partial charge in [0.1, 0.15) is 17.2 Å². The van der Waals surface area contributed by atoms with E-state index in [9.17, 15) is 9.59 Å². The number of fused-ring (bicyclic) bond motifs is 1. The molecule has 1 aliphatic rings. The summed E-state index contributed by atoms with van der Waals surface area (Å²) in [5.41, 5.74) is 2.94. The molecule has 1 saturated heterocycles. The Morgan fingerprint density at radius 3 is 2.62 bits per heavy atom. The first-order chi connectivity index (χ1) is 14.1. The van der Waals surface area contributed by atoms with Crippen LogP contribution in [0.15, 0.2) is 48.7 Å². The van der Waals surface area contributed by atoms with E-state index in [2.05, 4.69) is 17.2 Å². The molecule has 0 spiro atoms. The number of aryl methyl sites for hydroxylation is 1. The van der Waals surface area contributed by atoms with Crippen molar-refractivity contribution in [1.82, 2.24) is 10.3 Å². The van der Waals surface area contributed by atoms with Crippen LogP contribution in [0, 0.1) is 0 Å². The van der Waals surface area contributed by atoms with Crippen molar-refractivity contribution < 1.29 is 19.1 Å². The van der Waals surface area contributed by atoms with Crippen molar-refractivity contribution in [3.63, 3.8) is 0 Å². The molecule has 1 unspecified atom stereocenters. The number of aromatic nitrogens is 1. The molecule has 1 aliphatic heterocycles. The number of carbonyl (C=O) groups is 2. The van der Waals surface area contributed by atoms with Crippen LogP contribution in [0.4, 0.5) is 4.79 Å². The van der Waals surface area contributed by atoms with Crippen molar-refractivity contribution in [2.24, 2.45) is 0 Å². The second-order valence-corrected chi connectivity index (χ2v) is 7.84. The third kappa shape index (κ3) is 4.05. The number of thioether (sulfide) groups is 1. The van der Waals surface area contributed by atoms with E-state index in [1.807, 2.05) is 42.5 Å². The summed E-state index contributed by atoms with van der Waals surface area (Å²) in [5.74, 6) is 1.95. The number of carbonyl (C=O) groups excluding carboxylic acids is 2. The zero-order valence-electron chi connectivity index (χ0n) is 16.1. The Kier molecular flexibility index (Phi) is 5.40. The lowest BCUT2D eigenvalue weighted by atomic mass is 10.00. The maximum atomic E-state index is 11.9. The van der Waals surface area contributed by atoms with Gasteiger partial charge in [0.2, 0.25) is 5.91 Å². The molecule has 0 aliphatic carbocycles. The van der Waals surface area contributed by atoms with Gasteiger partial charge in [-0.1, -0.05) is 24.8 Å². The van der Waals surface area contributed by atoms with Crippen LogP contribution in [0.5, 0.6) is 17.2 Å². The number of rotatable bonds is 6.